The molecule has 26 heavy (non-hydrogen) atoms. The van der Waals surface area contributed by atoms with Gasteiger partial charge in [-0.15, -0.1) is 0 Å². The van der Waals surface area contributed by atoms with Crippen LogP contribution < -0.4 is 0 Å². The molecule has 4 heterocycles. The van der Waals surface area contributed by atoms with Gasteiger partial charge in [-0.25, -0.2) is 0 Å². The standard InChI is InChI=1S/C21H38N4O/c1-16(2)23-10-6-21(7-11-23)8-12-24(20(21)26)9-5-17(3)25-15-18-13-19(25)14-22(18)4/h16-19H,5-15H2,1-4H3/t17?,18-,19-/m0/s1. The third-order valence-corrected chi connectivity index (χ3v) is 8.03. The maximum Gasteiger partial charge on any atom is 0.228 e. The van der Waals surface area contributed by atoms with Crippen LogP contribution in [0.4, 0.5) is 0 Å². The summed E-state index contributed by atoms with van der Waals surface area (Å²) in [4.78, 5) is 23.1. The third-order valence-electron chi connectivity index (χ3n) is 8.03. The molecule has 3 atom stereocenters. The number of fused-ring (bicyclic) bond motifs is 2. The van der Waals surface area contributed by atoms with Crippen molar-refractivity contribution in [2.75, 3.05) is 46.3 Å². The molecular weight excluding hydrogens is 324 g/mol. The molecule has 1 amide bonds. The molecule has 0 aromatic heterocycles. The first-order chi connectivity index (χ1) is 12.4. The molecule has 0 aromatic rings. The van der Waals surface area contributed by atoms with Gasteiger partial charge in [0.25, 0.3) is 0 Å². The Morgan fingerprint density at radius 3 is 2.31 bits per heavy atom. The molecule has 148 valence electrons. The quantitative estimate of drug-likeness (QED) is 0.747. The molecule has 4 aliphatic heterocycles. The van der Waals surface area contributed by atoms with Crippen molar-refractivity contribution in [2.45, 2.75) is 77.0 Å². The van der Waals surface area contributed by atoms with Gasteiger partial charge in [-0.1, -0.05) is 0 Å². The van der Waals surface area contributed by atoms with Gasteiger partial charge < -0.3 is 14.7 Å². The number of hydrogen-bond acceptors (Lipinski definition) is 4. The molecule has 1 spiro atoms. The smallest absolute Gasteiger partial charge is 0.228 e. The van der Waals surface area contributed by atoms with E-state index in [1.54, 1.807) is 0 Å². The van der Waals surface area contributed by atoms with Crippen LogP contribution in [-0.2, 0) is 4.79 Å². The van der Waals surface area contributed by atoms with E-state index in [9.17, 15) is 4.79 Å². The molecule has 4 saturated heterocycles. The third kappa shape index (κ3) is 3.20. The van der Waals surface area contributed by atoms with Gasteiger partial charge in [0, 0.05) is 50.3 Å². The van der Waals surface area contributed by atoms with Gasteiger partial charge in [0.05, 0.1) is 5.41 Å². The lowest BCUT2D eigenvalue weighted by atomic mass is 9.77. The molecule has 0 aromatic carbocycles. The first-order valence-corrected chi connectivity index (χ1v) is 10.9. The summed E-state index contributed by atoms with van der Waals surface area (Å²) >= 11 is 0. The van der Waals surface area contributed by atoms with Crippen molar-refractivity contribution in [3.8, 4) is 0 Å². The van der Waals surface area contributed by atoms with Crippen molar-refractivity contribution in [1.82, 2.24) is 19.6 Å². The van der Waals surface area contributed by atoms with E-state index in [1.807, 2.05) is 0 Å². The summed E-state index contributed by atoms with van der Waals surface area (Å²) in [6.45, 7) is 13.5. The lowest BCUT2D eigenvalue weighted by Gasteiger charge is -2.40. The Bertz CT molecular complexity index is 526. The Labute approximate surface area is 159 Å². The molecule has 0 N–H and O–H groups in total. The minimum Gasteiger partial charge on any atom is -0.342 e. The minimum atomic E-state index is -0.0238. The van der Waals surface area contributed by atoms with Crippen LogP contribution in [0.2, 0.25) is 0 Å². The van der Waals surface area contributed by atoms with E-state index in [0.29, 0.717) is 18.0 Å². The first kappa shape index (κ1) is 18.7. The highest BCUT2D eigenvalue weighted by Gasteiger charge is 2.48. The van der Waals surface area contributed by atoms with Crippen LogP contribution in [0.15, 0.2) is 0 Å². The van der Waals surface area contributed by atoms with Gasteiger partial charge in [0.2, 0.25) is 5.91 Å². The fraction of sp³-hybridized carbons (Fsp3) is 0.952. The fourth-order valence-electron chi connectivity index (χ4n) is 5.98. The Balaban J connectivity index is 1.27. The summed E-state index contributed by atoms with van der Waals surface area (Å²) in [7, 11) is 2.26. The highest BCUT2D eigenvalue weighted by atomic mass is 16.2. The largest absolute Gasteiger partial charge is 0.342 e. The molecule has 4 rings (SSSR count). The molecule has 4 aliphatic rings. The number of nitrogens with zero attached hydrogens (tertiary/aromatic N) is 4. The number of piperidine rings is 1. The van der Waals surface area contributed by atoms with Crippen LogP contribution >= 0.6 is 0 Å². The zero-order valence-electron chi connectivity index (χ0n) is 17.3. The fourth-order valence-corrected chi connectivity index (χ4v) is 5.98. The summed E-state index contributed by atoms with van der Waals surface area (Å²) in [6.07, 6.45) is 5.70. The van der Waals surface area contributed by atoms with E-state index < -0.39 is 0 Å². The Kier molecular flexibility index (Phi) is 5.08. The van der Waals surface area contributed by atoms with Crippen molar-refractivity contribution in [1.29, 1.82) is 0 Å². The van der Waals surface area contributed by atoms with E-state index in [0.717, 1.165) is 63.9 Å². The highest BCUT2D eigenvalue weighted by Crippen LogP contribution is 2.42. The van der Waals surface area contributed by atoms with E-state index in [-0.39, 0.29) is 5.41 Å². The second-order valence-electron chi connectivity index (χ2n) is 9.77. The molecule has 0 aliphatic carbocycles. The molecule has 5 nitrogen and oxygen atoms in total. The second kappa shape index (κ2) is 7.06. The molecule has 0 radical (unpaired) electrons. The van der Waals surface area contributed by atoms with Gasteiger partial charge in [-0.05, 0) is 73.0 Å². The summed E-state index contributed by atoms with van der Waals surface area (Å²) < 4.78 is 0. The maximum atomic E-state index is 13.2. The first-order valence-electron chi connectivity index (χ1n) is 10.9. The minimum absolute atomic E-state index is 0.0238. The van der Waals surface area contributed by atoms with Crippen LogP contribution in [0.1, 0.15) is 52.9 Å². The SMILES string of the molecule is CC(C)N1CCC2(CCN(CCC(C)N3C[C@@H]4C[C@H]3CN4C)C2=O)CC1. The number of carbonyl (C=O) groups is 1. The number of likely N-dealkylation sites (N-methyl/N-ethyl adjacent to an activating group) is 1. The second-order valence-corrected chi connectivity index (χ2v) is 9.77. The van der Waals surface area contributed by atoms with Crippen molar-refractivity contribution >= 4 is 5.91 Å². The summed E-state index contributed by atoms with van der Waals surface area (Å²) in [6, 6.07) is 2.73. The predicted octanol–water partition coefficient (Wildman–Crippen LogP) is 1.88. The molecular formula is C21H38N4O. The highest BCUT2D eigenvalue weighted by molar-refractivity contribution is 5.85. The Morgan fingerprint density at radius 2 is 1.73 bits per heavy atom. The van der Waals surface area contributed by atoms with Crippen molar-refractivity contribution in [3.63, 3.8) is 0 Å². The van der Waals surface area contributed by atoms with Gasteiger partial charge in [-0.2, -0.15) is 0 Å². The summed E-state index contributed by atoms with van der Waals surface area (Å²) in [5.41, 5.74) is -0.0238. The molecule has 5 heteroatoms. The number of amides is 1. The van der Waals surface area contributed by atoms with Crippen molar-refractivity contribution < 1.29 is 4.79 Å². The van der Waals surface area contributed by atoms with Crippen LogP contribution in [0.3, 0.4) is 0 Å². The molecule has 1 unspecified atom stereocenters. The Morgan fingerprint density at radius 1 is 1.04 bits per heavy atom. The molecule has 4 fully saturated rings. The maximum absolute atomic E-state index is 13.2. The van der Waals surface area contributed by atoms with Gasteiger partial charge in [0.15, 0.2) is 0 Å². The van der Waals surface area contributed by atoms with Crippen LogP contribution in [0, 0.1) is 5.41 Å². The number of likely N-dealkylation sites (tertiary alicyclic amines) is 4. The summed E-state index contributed by atoms with van der Waals surface area (Å²) in [5.74, 6) is 0.468. The van der Waals surface area contributed by atoms with Gasteiger partial charge in [-0.3, -0.25) is 9.69 Å². The zero-order chi connectivity index (χ0) is 18.5. The zero-order valence-corrected chi connectivity index (χ0v) is 17.3. The van der Waals surface area contributed by atoms with Crippen LogP contribution in [-0.4, -0.2) is 96.0 Å². The van der Waals surface area contributed by atoms with E-state index in [4.69, 9.17) is 0 Å². The number of rotatable bonds is 5. The molecule has 2 bridgehead atoms. The van der Waals surface area contributed by atoms with E-state index >= 15 is 0 Å². The average Bonchev–Trinajstić information content (AvgIpc) is 3.28. The molecule has 0 saturated carbocycles. The number of carbonyl (C=O) groups excluding carboxylic acids is 1. The normalized spacial score (nSPS) is 33.9. The van der Waals surface area contributed by atoms with Gasteiger partial charge in [0.1, 0.15) is 0 Å². The number of hydrogen-bond donors (Lipinski definition) is 0. The lowest BCUT2D eigenvalue weighted by Crippen LogP contribution is -2.49. The van der Waals surface area contributed by atoms with Gasteiger partial charge >= 0.3 is 0 Å². The van der Waals surface area contributed by atoms with Crippen molar-refractivity contribution in [2.24, 2.45) is 5.41 Å². The lowest BCUT2D eigenvalue weighted by molar-refractivity contribution is -0.138. The van der Waals surface area contributed by atoms with E-state index in [2.05, 4.69) is 47.4 Å². The topological polar surface area (TPSA) is 30.0 Å². The van der Waals surface area contributed by atoms with Crippen molar-refractivity contribution in [3.05, 3.63) is 0 Å². The van der Waals surface area contributed by atoms with Crippen LogP contribution in [0.25, 0.3) is 0 Å². The Hall–Kier alpha value is -0.650. The number of piperazine rings is 1. The average molecular weight is 363 g/mol. The summed E-state index contributed by atoms with van der Waals surface area (Å²) in [5, 5.41) is 0. The monoisotopic (exact) mass is 362 g/mol. The van der Waals surface area contributed by atoms with Crippen LogP contribution in [0.5, 0.6) is 0 Å². The van der Waals surface area contributed by atoms with E-state index in [1.165, 1.54) is 19.5 Å². The predicted molar refractivity (Wildman–Crippen MR) is 105 cm³/mol.